The van der Waals surface area contributed by atoms with Crippen molar-refractivity contribution in [3.8, 4) is 0 Å². The molecule has 0 spiro atoms. The van der Waals surface area contributed by atoms with Crippen LogP contribution >= 0.6 is 0 Å². The summed E-state index contributed by atoms with van der Waals surface area (Å²) < 4.78 is 45.0. The molecule has 11 nitrogen and oxygen atoms in total. The number of Topliss-reactive ketones (excluding diaryl/α,β-unsaturated/α-hetero) is 1. The van der Waals surface area contributed by atoms with E-state index in [9.17, 15) is 23.2 Å². The third-order valence-corrected chi connectivity index (χ3v) is 6.58. The first-order valence-corrected chi connectivity index (χ1v) is 12.2. The number of anilines is 2. The highest BCUT2D eigenvalue weighted by Crippen LogP contribution is 2.29. The zero-order chi connectivity index (χ0) is 26.5. The molecular weight excluding hydrogens is 497 g/mol. The number of halogens is 3. The number of benzene rings is 1. The number of piperazine rings is 1. The molecule has 1 aromatic carbocycles. The largest absolute Gasteiger partial charge is 0.444 e. The molecule has 1 N–H and O–H groups in total. The Labute approximate surface area is 212 Å². The molecule has 1 aromatic rings. The van der Waals surface area contributed by atoms with Crippen LogP contribution in [0.1, 0.15) is 12.8 Å². The van der Waals surface area contributed by atoms with Crippen molar-refractivity contribution in [3.63, 3.8) is 0 Å². The maximum absolute atomic E-state index is 15.1. The molecule has 0 aromatic heterocycles. The van der Waals surface area contributed by atoms with Crippen LogP contribution in [0.5, 0.6) is 0 Å². The fourth-order valence-electron chi connectivity index (χ4n) is 4.37. The van der Waals surface area contributed by atoms with Crippen LogP contribution < -0.4 is 15.2 Å². The number of ketones is 1. The van der Waals surface area contributed by atoms with E-state index < -0.39 is 36.6 Å². The van der Waals surface area contributed by atoms with Crippen molar-refractivity contribution in [1.29, 1.82) is 0 Å². The summed E-state index contributed by atoms with van der Waals surface area (Å²) in [5.74, 6) is -1.78. The van der Waals surface area contributed by atoms with Crippen molar-refractivity contribution < 1.29 is 37.1 Å². The predicted molar refractivity (Wildman–Crippen MR) is 127 cm³/mol. The number of ether oxygens (including phenoxy) is 1. The summed E-state index contributed by atoms with van der Waals surface area (Å²) in [5, 5.41) is 3.08. The number of nitrogens with one attached hydrogen (secondary N) is 1. The Morgan fingerprint density at radius 3 is 2.57 bits per heavy atom. The minimum Gasteiger partial charge on any atom is -0.444 e. The van der Waals surface area contributed by atoms with Crippen LogP contribution in [-0.2, 0) is 14.4 Å². The fourth-order valence-corrected chi connectivity index (χ4v) is 4.37. The molecule has 37 heavy (non-hydrogen) atoms. The number of carbonyl (C=O) groups excluding carboxylic acids is 3. The Kier molecular flexibility index (Phi) is 8.71. The Bertz CT molecular complexity index is 994. The summed E-state index contributed by atoms with van der Waals surface area (Å²) >= 11 is 0. The van der Waals surface area contributed by atoms with Gasteiger partial charge in [0, 0.05) is 45.7 Å². The van der Waals surface area contributed by atoms with Gasteiger partial charge < -0.3 is 14.5 Å². The zero-order valence-corrected chi connectivity index (χ0v) is 20.6. The lowest BCUT2D eigenvalue weighted by atomic mass is 10.1. The standard InChI is InChI=1S/C23H31F3N6O5/c1-28-6-9-30(10-7-28)27-22(34)32-11-8-29(12-13-36-32)19-4-2-16(14-18(19)24)31-15-17(37-23(31)35)3-5-20(33)21(25)26/h2,4,14,17,21H,3,5-13,15H2,1H3,(H,27,34)/t17-/m0/s1. The molecule has 0 unspecified atom stereocenters. The molecule has 3 fully saturated rings. The lowest BCUT2D eigenvalue weighted by Gasteiger charge is -2.33. The van der Waals surface area contributed by atoms with Crippen LogP contribution in [0.15, 0.2) is 18.2 Å². The van der Waals surface area contributed by atoms with Gasteiger partial charge >= 0.3 is 12.1 Å². The molecule has 204 valence electrons. The molecule has 0 saturated carbocycles. The maximum atomic E-state index is 15.1. The molecule has 3 saturated heterocycles. The van der Waals surface area contributed by atoms with Crippen molar-refractivity contribution in [1.82, 2.24) is 20.4 Å². The lowest BCUT2D eigenvalue weighted by Crippen LogP contribution is -2.55. The minimum atomic E-state index is -3.06. The summed E-state index contributed by atoms with van der Waals surface area (Å²) in [6.07, 6.45) is -4.95. The van der Waals surface area contributed by atoms with Crippen molar-refractivity contribution in [2.45, 2.75) is 25.4 Å². The van der Waals surface area contributed by atoms with E-state index in [2.05, 4.69) is 10.3 Å². The van der Waals surface area contributed by atoms with E-state index >= 15 is 4.39 Å². The SMILES string of the molecule is CN1CCN(NC(=O)N2CCN(c3ccc(N4C[C@H](CCC(=O)C(F)F)OC4=O)cc3F)CCO2)CC1. The van der Waals surface area contributed by atoms with Gasteiger partial charge in [0.2, 0.25) is 0 Å². The molecule has 14 heteroatoms. The Hall–Kier alpha value is -3.10. The van der Waals surface area contributed by atoms with Gasteiger partial charge in [0.25, 0.3) is 6.43 Å². The molecule has 3 aliphatic heterocycles. The first-order valence-electron chi connectivity index (χ1n) is 12.2. The number of alkyl halides is 2. The van der Waals surface area contributed by atoms with Gasteiger partial charge in [-0.05, 0) is 31.7 Å². The number of nitrogens with zero attached hydrogens (tertiary/aromatic N) is 5. The number of cyclic esters (lactones) is 1. The Morgan fingerprint density at radius 2 is 1.86 bits per heavy atom. The van der Waals surface area contributed by atoms with Crippen LogP contribution in [0.2, 0.25) is 0 Å². The average Bonchev–Trinajstić information content (AvgIpc) is 3.07. The second-order valence-corrected chi connectivity index (χ2v) is 9.19. The van der Waals surface area contributed by atoms with E-state index in [4.69, 9.17) is 9.57 Å². The number of carbonyl (C=O) groups is 3. The predicted octanol–water partition coefficient (Wildman–Crippen LogP) is 1.69. The average molecular weight is 529 g/mol. The number of urea groups is 1. The van der Waals surface area contributed by atoms with Gasteiger partial charge in [-0.25, -0.2) is 32.8 Å². The second kappa shape index (κ2) is 12.0. The fraction of sp³-hybridized carbons (Fsp3) is 0.609. The summed E-state index contributed by atoms with van der Waals surface area (Å²) in [6, 6.07) is 3.92. The van der Waals surface area contributed by atoms with Gasteiger partial charge in [-0.1, -0.05) is 0 Å². The molecule has 0 radical (unpaired) electrons. The third-order valence-electron chi connectivity index (χ3n) is 6.58. The highest BCUT2D eigenvalue weighted by molar-refractivity contribution is 5.90. The van der Waals surface area contributed by atoms with Crippen LogP contribution in [0.3, 0.4) is 0 Å². The number of amides is 3. The van der Waals surface area contributed by atoms with Crippen LogP contribution in [-0.4, -0.2) is 111 Å². The summed E-state index contributed by atoms with van der Waals surface area (Å²) in [4.78, 5) is 46.7. The smallest absolute Gasteiger partial charge is 0.414 e. The number of rotatable bonds is 7. The quantitative estimate of drug-likeness (QED) is 0.571. The van der Waals surface area contributed by atoms with Crippen molar-refractivity contribution >= 4 is 29.3 Å². The molecule has 3 aliphatic rings. The zero-order valence-electron chi connectivity index (χ0n) is 20.6. The normalized spacial score (nSPS) is 21.8. The number of hydroxylamine groups is 2. The first-order chi connectivity index (χ1) is 17.7. The van der Waals surface area contributed by atoms with Gasteiger partial charge in [-0.3, -0.25) is 20.0 Å². The molecule has 0 aliphatic carbocycles. The van der Waals surface area contributed by atoms with Crippen LogP contribution in [0.4, 0.5) is 34.1 Å². The highest BCUT2D eigenvalue weighted by Gasteiger charge is 2.34. The van der Waals surface area contributed by atoms with Gasteiger partial charge in [-0.2, -0.15) is 0 Å². The molecule has 3 amide bonds. The van der Waals surface area contributed by atoms with Gasteiger partial charge in [0.1, 0.15) is 11.9 Å². The molecule has 3 heterocycles. The highest BCUT2D eigenvalue weighted by atomic mass is 19.3. The number of hydrogen-bond acceptors (Lipinski definition) is 8. The molecule has 0 bridgehead atoms. The topological polar surface area (TPSA) is 97.9 Å². The third kappa shape index (κ3) is 6.81. The number of likely N-dealkylation sites (N-methyl/N-ethyl adjacent to an activating group) is 1. The first kappa shape index (κ1) is 26.9. The Morgan fingerprint density at radius 1 is 1.11 bits per heavy atom. The molecule has 1 atom stereocenters. The molecule has 4 rings (SSSR count). The van der Waals surface area contributed by atoms with Crippen molar-refractivity contribution in [2.75, 3.05) is 75.8 Å². The number of hydrogen-bond donors (Lipinski definition) is 1. The van der Waals surface area contributed by atoms with E-state index in [1.807, 2.05) is 12.1 Å². The monoisotopic (exact) mass is 528 g/mol. The Balaban J connectivity index is 1.31. The van der Waals surface area contributed by atoms with E-state index in [-0.39, 0.29) is 37.8 Å². The summed E-state index contributed by atoms with van der Waals surface area (Å²) in [7, 11) is 2.02. The van der Waals surface area contributed by atoms with E-state index in [0.29, 0.717) is 31.9 Å². The van der Waals surface area contributed by atoms with Gasteiger partial charge in [0.05, 0.1) is 31.1 Å². The van der Waals surface area contributed by atoms with E-state index in [1.165, 1.54) is 22.1 Å². The van der Waals surface area contributed by atoms with Crippen molar-refractivity contribution in [2.24, 2.45) is 0 Å². The second-order valence-electron chi connectivity index (χ2n) is 9.19. The van der Waals surface area contributed by atoms with E-state index in [1.54, 1.807) is 11.0 Å². The number of hydrazine groups is 1. The summed E-state index contributed by atoms with van der Waals surface area (Å²) in [5.41, 5.74) is 3.39. The maximum Gasteiger partial charge on any atom is 0.414 e. The van der Waals surface area contributed by atoms with Crippen LogP contribution in [0.25, 0.3) is 0 Å². The van der Waals surface area contributed by atoms with Crippen LogP contribution in [0, 0.1) is 5.82 Å². The lowest BCUT2D eigenvalue weighted by molar-refractivity contribution is -0.129. The molecular formula is C23H31F3N6O5. The van der Waals surface area contributed by atoms with Gasteiger partial charge in [-0.15, -0.1) is 0 Å². The summed E-state index contributed by atoms with van der Waals surface area (Å²) in [6.45, 7) is 4.21. The minimum absolute atomic E-state index is 0.0291. The van der Waals surface area contributed by atoms with E-state index in [0.717, 1.165) is 13.1 Å². The van der Waals surface area contributed by atoms with Crippen molar-refractivity contribution in [3.05, 3.63) is 24.0 Å². The van der Waals surface area contributed by atoms with Gasteiger partial charge in [0.15, 0.2) is 5.78 Å².